The Kier molecular flexibility index (Phi) is 5.88. The third-order valence-electron chi connectivity index (χ3n) is 3.97. The average Bonchev–Trinajstić information content (AvgIpc) is 2.47. The number of nitrogens with zero attached hydrogens (tertiary/aromatic N) is 1. The molecule has 0 spiro atoms. The Bertz CT molecular complexity index is 480. The summed E-state index contributed by atoms with van der Waals surface area (Å²) >= 11 is 6.07. The topological polar surface area (TPSA) is 49.8 Å². The van der Waals surface area contributed by atoms with Crippen LogP contribution in [0, 0.1) is 5.92 Å². The Labute approximate surface area is 130 Å². The van der Waals surface area contributed by atoms with Crippen LogP contribution in [0.25, 0.3) is 0 Å². The maximum absolute atomic E-state index is 11.3. The molecule has 116 valence electrons. The van der Waals surface area contributed by atoms with Crippen molar-refractivity contribution in [2.24, 2.45) is 5.92 Å². The molecule has 1 saturated heterocycles. The molecule has 0 radical (unpaired) electrons. The van der Waals surface area contributed by atoms with E-state index in [1.54, 1.807) is 0 Å². The second-order valence-corrected chi connectivity index (χ2v) is 5.91. The number of ether oxygens (including phenoxy) is 1. The number of carboxylic acid groups (broad SMARTS) is 1. The van der Waals surface area contributed by atoms with Gasteiger partial charge in [0.2, 0.25) is 0 Å². The van der Waals surface area contributed by atoms with E-state index < -0.39 is 5.97 Å². The lowest BCUT2D eigenvalue weighted by atomic mass is 9.97. The first kappa shape index (κ1) is 16.1. The lowest BCUT2D eigenvalue weighted by Crippen LogP contribution is -2.47. The minimum atomic E-state index is -0.731. The Balaban J connectivity index is 1.89. The van der Waals surface area contributed by atoms with E-state index in [4.69, 9.17) is 16.3 Å². The highest BCUT2D eigenvalue weighted by atomic mass is 35.5. The summed E-state index contributed by atoms with van der Waals surface area (Å²) in [7, 11) is 0. The summed E-state index contributed by atoms with van der Waals surface area (Å²) in [4.78, 5) is 13.3. The van der Waals surface area contributed by atoms with Gasteiger partial charge in [-0.1, -0.05) is 30.7 Å². The molecule has 0 saturated carbocycles. The monoisotopic (exact) mass is 311 g/mol. The smallest absolute Gasteiger partial charge is 0.320 e. The van der Waals surface area contributed by atoms with Gasteiger partial charge in [-0.3, -0.25) is 9.69 Å². The normalized spacial score (nSPS) is 21.0. The molecule has 0 aliphatic carbocycles. The highest BCUT2D eigenvalue weighted by Gasteiger charge is 2.29. The van der Waals surface area contributed by atoms with E-state index in [1.807, 2.05) is 31.2 Å². The van der Waals surface area contributed by atoms with Gasteiger partial charge in [-0.05, 0) is 37.9 Å². The van der Waals surface area contributed by atoms with Crippen molar-refractivity contribution in [2.45, 2.75) is 32.2 Å². The highest BCUT2D eigenvalue weighted by Crippen LogP contribution is 2.26. The zero-order valence-electron chi connectivity index (χ0n) is 12.3. The largest absolute Gasteiger partial charge is 0.492 e. The van der Waals surface area contributed by atoms with Crippen molar-refractivity contribution >= 4 is 17.6 Å². The van der Waals surface area contributed by atoms with Crippen LogP contribution < -0.4 is 4.74 Å². The number of piperidine rings is 1. The summed E-state index contributed by atoms with van der Waals surface area (Å²) in [5, 5.41) is 9.88. The fourth-order valence-electron chi connectivity index (χ4n) is 2.87. The number of benzene rings is 1. The third kappa shape index (κ3) is 4.35. The first-order valence-corrected chi connectivity index (χ1v) is 7.83. The molecule has 5 heteroatoms. The van der Waals surface area contributed by atoms with Gasteiger partial charge in [0, 0.05) is 12.5 Å². The Morgan fingerprint density at radius 2 is 2.29 bits per heavy atom. The van der Waals surface area contributed by atoms with Gasteiger partial charge in [0.05, 0.1) is 11.6 Å². The van der Waals surface area contributed by atoms with Crippen molar-refractivity contribution < 1.29 is 14.6 Å². The van der Waals surface area contributed by atoms with Gasteiger partial charge in [-0.25, -0.2) is 0 Å². The number of likely N-dealkylation sites (tertiary alicyclic amines) is 1. The van der Waals surface area contributed by atoms with E-state index in [-0.39, 0.29) is 6.04 Å². The molecule has 1 aliphatic heterocycles. The van der Waals surface area contributed by atoms with Crippen LogP contribution in [0.1, 0.15) is 26.2 Å². The molecule has 1 heterocycles. The lowest BCUT2D eigenvalue weighted by molar-refractivity contribution is -0.144. The average molecular weight is 312 g/mol. The van der Waals surface area contributed by atoms with Crippen molar-refractivity contribution in [3.8, 4) is 5.75 Å². The van der Waals surface area contributed by atoms with Crippen LogP contribution in [0.2, 0.25) is 5.02 Å². The van der Waals surface area contributed by atoms with E-state index in [0.29, 0.717) is 29.7 Å². The fourth-order valence-corrected chi connectivity index (χ4v) is 3.07. The number of aliphatic carboxylic acids is 1. The van der Waals surface area contributed by atoms with Crippen LogP contribution in [0.15, 0.2) is 24.3 Å². The van der Waals surface area contributed by atoms with Crippen LogP contribution >= 0.6 is 11.6 Å². The van der Waals surface area contributed by atoms with Crippen molar-refractivity contribution in [1.82, 2.24) is 4.90 Å². The van der Waals surface area contributed by atoms with Gasteiger partial charge in [-0.15, -0.1) is 0 Å². The van der Waals surface area contributed by atoms with Gasteiger partial charge in [0.15, 0.2) is 0 Å². The lowest BCUT2D eigenvalue weighted by Gasteiger charge is -2.36. The molecule has 1 N–H and O–H groups in total. The molecular formula is C16H22ClNO3. The maximum atomic E-state index is 11.3. The summed E-state index contributed by atoms with van der Waals surface area (Å²) in [6.45, 7) is 4.13. The van der Waals surface area contributed by atoms with E-state index in [0.717, 1.165) is 25.9 Å². The minimum Gasteiger partial charge on any atom is -0.492 e. The van der Waals surface area contributed by atoms with Crippen molar-refractivity contribution in [3.63, 3.8) is 0 Å². The van der Waals surface area contributed by atoms with Crippen LogP contribution in [0.4, 0.5) is 0 Å². The number of carbonyl (C=O) groups is 1. The van der Waals surface area contributed by atoms with Gasteiger partial charge in [-0.2, -0.15) is 0 Å². The van der Waals surface area contributed by atoms with E-state index >= 15 is 0 Å². The Morgan fingerprint density at radius 3 is 2.95 bits per heavy atom. The molecule has 2 rings (SSSR count). The first-order valence-electron chi connectivity index (χ1n) is 7.46. The van der Waals surface area contributed by atoms with Crippen molar-refractivity contribution in [2.75, 3.05) is 19.7 Å². The number of halogens is 1. The summed E-state index contributed by atoms with van der Waals surface area (Å²) in [6.07, 6.45) is 2.71. The van der Waals surface area contributed by atoms with E-state index in [9.17, 15) is 9.90 Å². The second kappa shape index (κ2) is 7.66. The fraction of sp³-hybridized carbons (Fsp3) is 0.562. The minimum absolute atomic E-state index is 0.350. The molecule has 2 atom stereocenters. The molecule has 1 fully saturated rings. The summed E-state index contributed by atoms with van der Waals surface area (Å²) in [5.74, 6) is 0.315. The zero-order valence-corrected chi connectivity index (χ0v) is 13.1. The van der Waals surface area contributed by atoms with Crippen molar-refractivity contribution in [3.05, 3.63) is 29.3 Å². The van der Waals surface area contributed by atoms with E-state index in [1.165, 1.54) is 0 Å². The van der Waals surface area contributed by atoms with Crippen LogP contribution in [0.3, 0.4) is 0 Å². The van der Waals surface area contributed by atoms with Gasteiger partial charge in [0.25, 0.3) is 0 Å². The molecule has 1 aromatic carbocycles. The number of rotatable bonds is 6. The van der Waals surface area contributed by atoms with Gasteiger partial charge >= 0.3 is 5.97 Å². The SMILES string of the molecule is CCC(C(=O)O)N1CCCC(COc2ccccc2Cl)C1. The summed E-state index contributed by atoms with van der Waals surface area (Å²) < 4.78 is 5.79. The van der Waals surface area contributed by atoms with Gasteiger partial charge < -0.3 is 9.84 Å². The standard InChI is InChI=1S/C16H22ClNO3/c1-2-14(16(19)20)18-9-5-6-12(10-18)11-21-15-8-4-3-7-13(15)17/h3-4,7-8,12,14H,2,5-6,9-11H2,1H3,(H,19,20). The quantitative estimate of drug-likeness (QED) is 0.876. The Hall–Kier alpha value is -1.26. The molecule has 0 bridgehead atoms. The maximum Gasteiger partial charge on any atom is 0.320 e. The molecule has 1 aromatic rings. The summed E-state index contributed by atoms with van der Waals surface area (Å²) in [6, 6.07) is 7.05. The first-order chi connectivity index (χ1) is 10.1. The van der Waals surface area contributed by atoms with Crippen LogP contribution in [-0.2, 0) is 4.79 Å². The molecule has 1 aliphatic rings. The molecule has 4 nitrogen and oxygen atoms in total. The molecule has 2 unspecified atom stereocenters. The number of hydrogen-bond acceptors (Lipinski definition) is 3. The number of para-hydroxylation sites is 1. The summed E-state index contributed by atoms with van der Waals surface area (Å²) in [5.41, 5.74) is 0. The highest BCUT2D eigenvalue weighted by molar-refractivity contribution is 6.32. The predicted molar refractivity (Wildman–Crippen MR) is 83.0 cm³/mol. The van der Waals surface area contributed by atoms with Crippen molar-refractivity contribution in [1.29, 1.82) is 0 Å². The van der Waals surface area contributed by atoms with Crippen LogP contribution in [0.5, 0.6) is 5.75 Å². The Morgan fingerprint density at radius 1 is 1.52 bits per heavy atom. The molecule has 21 heavy (non-hydrogen) atoms. The second-order valence-electron chi connectivity index (χ2n) is 5.51. The molecule has 0 aromatic heterocycles. The predicted octanol–water partition coefficient (Wildman–Crippen LogP) is 3.29. The molecular weight excluding hydrogens is 290 g/mol. The zero-order chi connectivity index (χ0) is 15.2. The third-order valence-corrected chi connectivity index (χ3v) is 4.29. The van der Waals surface area contributed by atoms with Gasteiger partial charge in [0.1, 0.15) is 11.8 Å². The number of hydrogen-bond donors (Lipinski definition) is 1. The molecule has 0 amide bonds. The number of carboxylic acids is 1. The van der Waals surface area contributed by atoms with Crippen LogP contribution in [-0.4, -0.2) is 41.7 Å². The van der Waals surface area contributed by atoms with E-state index in [2.05, 4.69) is 4.90 Å².